The molecule has 2 aromatic heterocycles. The summed E-state index contributed by atoms with van der Waals surface area (Å²) in [6.45, 7) is 7.04. The first kappa shape index (κ1) is 14.5. The molecule has 1 unspecified atom stereocenters. The van der Waals surface area contributed by atoms with E-state index in [-0.39, 0.29) is 0 Å². The third-order valence-corrected chi connectivity index (χ3v) is 3.46. The fraction of sp³-hybridized carbons (Fsp3) is 0.400. The average molecular weight is 289 g/mol. The first-order valence-corrected chi connectivity index (χ1v) is 6.94. The Balaban J connectivity index is 2.07. The molecule has 0 N–H and O–H groups in total. The molecule has 0 aliphatic rings. The van der Waals surface area contributed by atoms with Crippen molar-refractivity contribution in [3.05, 3.63) is 46.0 Å². The van der Waals surface area contributed by atoms with Crippen molar-refractivity contribution in [2.75, 3.05) is 0 Å². The van der Waals surface area contributed by atoms with Gasteiger partial charge in [0.15, 0.2) is 5.69 Å². The molecule has 104 valence electrons. The van der Waals surface area contributed by atoms with E-state index in [1.54, 1.807) is 6.07 Å². The number of aryl methyl sites for hydroxylation is 2. The number of nitriles is 1. The summed E-state index contributed by atoms with van der Waals surface area (Å²) in [4.78, 5) is 4.28. The minimum absolute atomic E-state index is 0.294. The maximum Gasteiger partial charge on any atom is 0.159 e. The van der Waals surface area contributed by atoms with Crippen LogP contribution in [0, 0.1) is 31.1 Å². The molecule has 2 heterocycles. The van der Waals surface area contributed by atoms with Crippen molar-refractivity contribution in [3.8, 4) is 6.07 Å². The van der Waals surface area contributed by atoms with Crippen molar-refractivity contribution in [2.24, 2.45) is 5.92 Å². The van der Waals surface area contributed by atoms with E-state index in [1.807, 2.05) is 23.7 Å². The van der Waals surface area contributed by atoms with Crippen LogP contribution in [0.3, 0.4) is 0 Å². The second kappa shape index (κ2) is 6.06. The first-order chi connectivity index (χ1) is 9.49. The zero-order valence-corrected chi connectivity index (χ0v) is 12.6. The second-order valence-electron chi connectivity index (χ2n) is 5.16. The lowest BCUT2D eigenvalue weighted by Gasteiger charge is -2.12. The molecule has 0 bridgehead atoms. The van der Waals surface area contributed by atoms with E-state index in [4.69, 9.17) is 16.9 Å². The Bertz CT molecular complexity index is 654. The molecule has 1 atom stereocenters. The van der Waals surface area contributed by atoms with Gasteiger partial charge in [0.2, 0.25) is 0 Å². The van der Waals surface area contributed by atoms with Gasteiger partial charge >= 0.3 is 0 Å². The molecule has 0 saturated heterocycles. The molecule has 0 aliphatic heterocycles. The van der Waals surface area contributed by atoms with Gasteiger partial charge in [-0.15, -0.1) is 0 Å². The van der Waals surface area contributed by atoms with Gasteiger partial charge in [0, 0.05) is 17.9 Å². The third kappa shape index (κ3) is 3.37. The summed E-state index contributed by atoms with van der Waals surface area (Å²) < 4.78 is 2.02. The van der Waals surface area contributed by atoms with Gasteiger partial charge in [-0.2, -0.15) is 10.4 Å². The summed E-state index contributed by atoms with van der Waals surface area (Å²) in [5.41, 5.74) is 3.38. The Hall–Kier alpha value is -1.86. The molecule has 0 spiro atoms. The first-order valence-electron chi connectivity index (χ1n) is 6.56. The Labute approximate surface area is 124 Å². The summed E-state index contributed by atoms with van der Waals surface area (Å²) in [6.07, 6.45) is 0.796. The number of nitrogens with zero attached hydrogens (tertiary/aromatic N) is 4. The van der Waals surface area contributed by atoms with Crippen molar-refractivity contribution in [2.45, 2.75) is 33.7 Å². The normalized spacial score (nSPS) is 12.2. The fourth-order valence-electron chi connectivity index (χ4n) is 2.25. The maximum atomic E-state index is 8.94. The van der Waals surface area contributed by atoms with Gasteiger partial charge in [-0.25, -0.2) is 4.98 Å². The van der Waals surface area contributed by atoms with Crippen LogP contribution in [0.4, 0.5) is 0 Å². The molecule has 0 amide bonds. The van der Waals surface area contributed by atoms with Crippen LogP contribution in [-0.2, 0) is 13.0 Å². The van der Waals surface area contributed by atoms with Gasteiger partial charge in [-0.05, 0) is 44.4 Å². The molecule has 5 heteroatoms. The lowest BCUT2D eigenvalue weighted by molar-refractivity contribution is 0.436. The molecule has 0 radical (unpaired) electrons. The van der Waals surface area contributed by atoms with E-state index in [9.17, 15) is 0 Å². The fourth-order valence-corrected chi connectivity index (χ4v) is 2.40. The van der Waals surface area contributed by atoms with Crippen LogP contribution < -0.4 is 0 Å². The van der Waals surface area contributed by atoms with Crippen molar-refractivity contribution in [1.82, 2.24) is 14.8 Å². The zero-order chi connectivity index (χ0) is 14.7. The predicted octanol–water partition coefficient (Wildman–Crippen LogP) is 3.30. The van der Waals surface area contributed by atoms with Gasteiger partial charge in [0.25, 0.3) is 0 Å². The van der Waals surface area contributed by atoms with Gasteiger partial charge in [-0.3, -0.25) is 4.68 Å². The third-order valence-electron chi connectivity index (χ3n) is 3.16. The summed E-state index contributed by atoms with van der Waals surface area (Å²) in [5.74, 6) is 0.383. The number of pyridine rings is 1. The Kier molecular flexibility index (Phi) is 4.41. The molecule has 0 aromatic carbocycles. The highest BCUT2D eigenvalue weighted by molar-refractivity contribution is 6.31. The predicted molar refractivity (Wildman–Crippen MR) is 78.5 cm³/mol. The minimum atomic E-state index is 0.294. The molecule has 0 saturated carbocycles. The summed E-state index contributed by atoms with van der Waals surface area (Å²) in [5, 5.41) is 13.8. The standard InChI is InChI=1S/C15H17ClN4/c1-10(9-20-12(3)7-11(2)19-20)6-13-4-5-14(16)15(8-17)18-13/h4-5,7,10H,6,9H2,1-3H3. The summed E-state index contributed by atoms with van der Waals surface area (Å²) >= 11 is 5.89. The number of hydrogen-bond donors (Lipinski definition) is 0. The van der Waals surface area contributed by atoms with Crippen LogP contribution in [-0.4, -0.2) is 14.8 Å². The molecule has 2 aromatic rings. The van der Waals surface area contributed by atoms with Crippen LogP contribution in [0.25, 0.3) is 0 Å². The SMILES string of the molecule is Cc1cc(C)n(CC(C)Cc2ccc(Cl)c(C#N)n2)n1. The maximum absolute atomic E-state index is 8.94. The average Bonchev–Trinajstić information content (AvgIpc) is 2.70. The molecule has 0 aliphatic carbocycles. The Morgan fingerprint density at radius 1 is 1.40 bits per heavy atom. The number of rotatable bonds is 4. The summed E-state index contributed by atoms with van der Waals surface area (Å²) in [6, 6.07) is 7.69. The molecule has 2 rings (SSSR count). The van der Waals surface area contributed by atoms with Crippen LogP contribution in [0.1, 0.15) is 29.7 Å². The molecular weight excluding hydrogens is 272 g/mol. The van der Waals surface area contributed by atoms with Crippen LogP contribution >= 0.6 is 11.6 Å². The van der Waals surface area contributed by atoms with Crippen molar-refractivity contribution >= 4 is 11.6 Å². The summed E-state index contributed by atoms with van der Waals surface area (Å²) in [7, 11) is 0. The van der Waals surface area contributed by atoms with Gasteiger partial charge in [0.1, 0.15) is 6.07 Å². The van der Waals surface area contributed by atoms with E-state index < -0.39 is 0 Å². The highest BCUT2D eigenvalue weighted by atomic mass is 35.5. The smallest absolute Gasteiger partial charge is 0.159 e. The van der Waals surface area contributed by atoms with Crippen molar-refractivity contribution in [1.29, 1.82) is 5.26 Å². The van der Waals surface area contributed by atoms with E-state index in [0.29, 0.717) is 16.6 Å². The topological polar surface area (TPSA) is 54.5 Å². The molecule has 0 fully saturated rings. The van der Waals surface area contributed by atoms with E-state index in [2.05, 4.69) is 30.0 Å². The van der Waals surface area contributed by atoms with Crippen LogP contribution in [0.5, 0.6) is 0 Å². The number of hydrogen-bond acceptors (Lipinski definition) is 3. The molecule has 4 nitrogen and oxygen atoms in total. The van der Waals surface area contributed by atoms with Crippen molar-refractivity contribution in [3.63, 3.8) is 0 Å². The van der Waals surface area contributed by atoms with Gasteiger partial charge in [-0.1, -0.05) is 18.5 Å². The Morgan fingerprint density at radius 2 is 2.15 bits per heavy atom. The van der Waals surface area contributed by atoms with Crippen LogP contribution in [0.2, 0.25) is 5.02 Å². The largest absolute Gasteiger partial charge is 0.269 e. The quantitative estimate of drug-likeness (QED) is 0.867. The van der Waals surface area contributed by atoms with E-state index >= 15 is 0 Å². The minimum Gasteiger partial charge on any atom is -0.269 e. The number of aromatic nitrogens is 3. The van der Waals surface area contributed by atoms with E-state index in [1.165, 1.54) is 0 Å². The van der Waals surface area contributed by atoms with Gasteiger partial charge in [0.05, 0.1) is 10.7 Å². The number of halogens is 1. The molecular formula is C15H17ClN4. The van der Waals surface area contributed by atoms with Crippen molar-refractivity contribution < 1.29 is 0 Å². The molecule has 20 heavy (non-hydrogen) atoms. The lowest BCUT2D eigenvalue weighted by atomic mass is 10.0. The second-order valence-corrected chi connectivity index (χ2v) is 5.57. The lowest BCUT2D eigenvalue weighted by Crippen LogP contribution is -2.13. The monoisotopic (exact) mass is 288 g/mol. The van der Waals surface area contributed by atoms with E-state index in [0.717, 1.165) is 30.0 Å². The highest BCUT2D eigenvalue weighted by Crippen LogP contribution is 2.16. The zero-order valence-electron chi connectivity index (χ0n) is 11.9. The van der Waals surface area contributed by atoms with Gasteiger partial charge < -0.3 is 0 Å². The Morgan fingerprint density at radius 3 is 2.75 bits per heavy atom. The van der Waals surface area contributed by atoms with Crippen LogP contribution in [0.15, 0.2) is 18.2 Å². The highest BCUT2D eigenvalue weighted by Gasteiger charge is 2.10.